The van der Waals surface area contributed by atoms with Gasteiger partial charge in [-0.2, -0.15) is 0 Å². The van der Waals surface area contributed by atoms with E-state index in [1.165, 1.54) is 12.1 Å². The van der Waals surface area contributed by atoms with Gasteiger partial charge in [-0.3, -0.25) is 30.8 Å². The molecule has 3 aromatic carbocycles. The van der Waals surface area contributed by atoms with E-state index in [0.717, 1.165) is 36.8 Å². The highest BCUT2D eigenvalue weighted by molar-refractivity contribution is 6.29. The van der Waals surface area contributed by atoms with Crippen molar-refractivity contribution in [1.82, 2.24) is 26.6 Å². The highest BCUT2D eigenvalue weighted by Gasteiger charge is 2.57. The van der Waals surface area contributed by atoms with Crippen LogP contribution in [0.4, 0.5) is 5.69 Å². The smallest absolute Gasteiger partial charge is 0.242 e. The summed E-state index contributed by atoms with van der Waals surface area (Å²) in [6.07, 6.45) is -3.25. The van der Waals surface area contributed by atoms with Crippen LogP contribution in [0.15, 0.2) is 71.6 Å². The number of ether oxygens (including phenoxy) is 5. The van der Waals surface area contributed by atoms with Crippen LogP contribution in [0.1, 0.15) is 112 Å². The molecule has 8 aliphatic rings. The number of benzene rings is 3. The first-order valence-electron chi connectivity index (χ1n) is 27.7. The van der Waals surface area contributed by atoms with Gasteiger partial charge in [0.2, 0.25) is 12.2 Å². The van der Waals surface area contributed by atoms with Gasteiger partial charge in [-0.05, 0) is 79.0 Å². The number of nitrogens with two attached hydrogens (primary N) is 2. The van der Waals surface area contributed by atoms with E-state index in [-0.39, 0.29) is 97.4 Å². The Morgan fingerprint density at radius 1 is 1.00 bits per heavy atom. The zero-order valence-electron chi connectivity index (χ0n) is 44.2. The molecule has 0 aromatic heterocycles. The molecule has 2 aliphatic carbocycles. The number of nitrogens with one attached hydrogen (secondary N) is 5. The van der Waals surface area contributed by atoms with Crippen molar-refractivity contribution in [1.29, 1.82) is 0 Å². The molecular formula is C58H70N8O14. The minimum absolute atomic E-state index is 0.0308. The lowest BCUT2D eigenvalue weighted by Crippen LogP contribution is -2.70. The second-order valence-electron chi connectivity index (χ2n) is 21.9. The predicted octanol–water partition coefficient (Wildman–Crippen LogP) is -0.164. The molecule has 12 unspecified atom stereocenters. The van der Waals surface area contributed by atoms with Crippen molar-refractivity contribution < 1.29 is 68.4 Å². The Labute approximate surface area is 462 Å². The largest absolute Gasteiger partial charge is 0.486 e. The topological polar surface area (TPSA) is 331 Å². The average Bonchev–Trinajstić information content (AvgIpc) is 3.41. The Hall–Kier alpha value is -6.30. The number of carbonyl (C=O) groups excluding carboxylic acids is 4. The van der Waals surface area contributed by atoms with E-state index in [0.29, 0.717) is 54.5 Å². The molecule has 3 bridgehead atoms. The fraction of sp³-hybridized carbons (Fsp3) is 0.517. The van der Waals surface area contributed by atoms with Gasteiger partial charge in [0.1, 0.15) is 55.5 Å². The van der Waals surface area contributed by atoms with Crippen molar-refractivity contribution in [2.75, 3.05) is 51.1 Å². The number of dihydropyridines is 1. The number of hydrogen-bond donors (Lipinski definition) is 12. The number of rotatable bonds is 15. The van der Waals surface area contributed by atoms with E-state index >= 15 is 9.59 Å². The van der Waals surface area contributed by atoms with Gasteiger partial charge in [0.15, 0.2) is 28.7 Å². The summed E-state index contributed by atoms with van der Waals surface area (Å²) in [5, 5.41) is 74.8. The van der Waals surface area contributed by atoms with Crippen LogP contribution in [-0.4, -0.2) is 162 Å². The number of carbonyl (C=O) groups is 4. The number of amides is 1. The van der Waals surface area contributed by atoms with E-state index in [9.17, 15) is 35.1 Å². The van der Waals surface area contributed by atoms with Crippen molar-refractivity contribution in [3.8, 4) is 23.3 Å². The van der Waals surface area contributed by atoms with Gasteiger partial charge in [-0.1, -0.05) is 55.0 Å². The summed E-state index contributed by atoms with van der Waals surface area (Å²) in [4.78, 5) is 57.7. The molecule has 1 saturated carbocycles. The van der Waals surface area contributed by atoms with Crippen LogP contribution in [0.5, 0.6) is 11.5 Å². The van der Waals surface area contributed by atoms with Gasteiger partial charge in [-0.25, -0.2) is 0 Å². The molecular weight excluding hydrogens is 1030 g/mol. The Kier molecular flexibility index (Phi) is 16.4. The third kappa shape index (κ3) is 10.7. The molecule has 426 valence electrons. The standard InChI is InChI=1S/C58H70N8O14/c59-53-41(24-62-33-6-1-2-7-33)31(15-19-61-53)17-21-77-51-52(73)58(75)18-5-8-34(69)13-12-32-26-76-28-43(58)79-56(51)80-49-40(44(32)37-9-3-4-10-42(37)66-29-63-46-54(66)64-57(60)65-55(46)74)23-39-45(50(49)78-27-35(70)16-20-67)48(72)38-22-30(25-68)11-14-36(38)47(39)71/h3-4,9-11,14-15,20,22-23,32-35,43-44,46,51-52,54,56-57,61-64,68-70,73,75H,1-2,6-8,12-13,16-17,19,21,24-29,59-60H2,(H,65,74). The maximum absolute atomic E-state index is 15.3. The van der Waals surface area contributed by atoms with Crippen molar-refractivity contribution >= 4 is 29.4 Å². The summed E-state index contributed by atoms with van der Waals surface area (Å²) in [5.41, 5.74) is 13.8. The summed E-state index contributed by atoms with van der Waals surface area (Å²) in [6.45, 7) is -0.307. The molecule has 1 amide bonds. The fourth-order valence-electron chi connectivity index (χ4n) is 12.6. The fourth-order valence-corrected chi connectivity index (χ4v) is 12.6. The van der Waals surface area contributed by atoms with E-state index in [1.54, 1.807) is 12.1 Å². The van der Waals surface area contributed by atoms with Crippen LogP contribution in [0.25, 0.3) is 0 Å². The van der Waals surface area contributed by atoms with Crippen molar-refractivity contribution in [2.24, 2.45) is 17.4 Å². The molecule has 80 heavy (non-hydrogen) atoms. The van der Waals surface area contributed by atoms with Crippen molar-refractivity contribution in [3.63, 3.8) is 0 Å². The third-order valence-corrected chi connectivity index (χ3v) is 16.8. The Morgan fingerprint density at radius 3 is 2.64 bits per heavy atom. The maximum atomic E-state index is 15.3. The van der Waals surface area contributed by atoms with Gasteiger partial charge in [0.25, 0.3) is 0 Å². The lowest BCUT2D eigenvalue weighted by Gasteiger charge is -2.47. The zero-order chi connectivity index (χ0) is 55.8. The molecule has 3 saturated heterocycles. The normalized spacial score (nSPS) is 30.7. The number of fused-ring (bicyclic) bond motifs is 8. The van der Waals surface area contributed by atoms with Gasteiger partial charge in [0, 0.05) is 71.4 Å². The molecule has 4 fully saturated rings. The first-order valence-corrected chi connectivity index (χ1v) is 27.7. The van der Waals surface area contributed by atoms with Crippen molar-refractivity contribution in [3.05, 3.63) is 111 Å². The lowest BCUT2D eigenvalue weighted by atomic mass is 9.74. The second-order valence-corrected chi connectivity index (χ2v) is 21.9. The molecule has 0 radical (unpaired) electrons. The summed E-state index contributed by atoms with van der Waals surface area (Å²) in [7, 11) is 0. The minimum atomic E-state index is -2.37. The van der Waals surface area contributed by atoms with E-state index < -0.39 is 97.5 Å². The van der Waals surface area contributed by atoms with Gasteiger partial charge >= 0.3 is 0 Å². The summed E-state index contributed by atoms with van der Waals surface area (Å²) in [5.74, 6) is 2.69. The van der Waals surface area contributed by atoms with Crippen LogP contribution in [0.2, 0.25) is 0 Å². The van der Waals surface area contributed by atoms with E-state index in [4.69, 9.17) is 35.2 Å². The number of nitrogens with zero attached hydrogens (tertiary/aromatic N) is 1. The van der Waals surface area contributed by atoms with Crippen LogP contribution in [0, 0.1) is 17.8 Å². The first kappa shape index (κ1) is 55.6. The predicted molar refractivity (Wildman–Crippen MR) is 288 cm³/mol. The number of aliphatic hydroxyl groups excluding tert-OH is 4. The third-order valence-electron chi connectivity index (χ3n) is 16.8. The van der Waals surface area contributed by atoms with Gasteiger partial charge in [0.05, 0.1) is 50.9 Å². The maximum Gasteiger partial charge on any atom is 0.242 e. The van der Waals surface area contributed by atoms with Gasteiger partial charge in [-0.15, -0.1) is 0 Å². The molecule has 6 heterocycles. The highest BCUT2D eigenvalue weighted by atomic mass is 16.7. The number of ketones is 2. The van der Waals surface area contributed by atoms with E-state index in [1.807, 2.05) is 35.2 Å². The van der Waals surface area contributed by atoms with E-state index in [2.05, 4.69) is 38.4 Å². The summed E-state index contributed by atoms with van der Waals surface area (Å²) >= 11 is 0. The second kappa shape index (κ2) is 23.7. The SMILES string of the molecule is NC1=C(CNC2CCCC2)C(CCOC2C3Oc4c(cc5c(c4OCC(O)CC=O)C(=O)c4cc(CO)ccc4C5=O)C(c4ccccc4N4CNC5C(=O)NC(N)NC54)C4CCC(O)CC#CC(O)(C(COC4)O3)C2O)=CCN1. The average molecular weight is 1100 g/mol. The van der Waals surface area contributed by atoms with Crippen molar-refractivity contribution in [2.45, 2.75) is 137 Å². The molecule has 22 nitrogen and oxygen atoms in total. The van der Waals surface area contributed by atoms with Crippen LogP contribution < -0.4 is 52.4 Å². The number of anilines is 1. The summed E-state index contributed by atoms with van der Waals surface area (Å²) < 4.78 is 33.9. The number of aliphatic hydroxyl groups is 5. The number of aldehydes is 1. The first-order chi connectivity index (χ1) is 38.8. The quantitative estimate of drug-likeness (QED) is 0.0543. The number of hydrogen-bond acceptors (Lipinski definition) is 21. The Bertz CT molecular complexity index is 3010. The molecule has 0 spiro atoms. The highest BCUT2D eigenvalue weighted by Crippen LogP contribution is 2.52. The Morgan fingerprint density at radius 2 is 1.82 bits per heavy atom. The van der Waals surface area contributed by atoms with Crippen LogP contribution >= 0.6 is 0 Å². The Balaban J connectivity index is 1.10. The molecule has 3 aromatic rings. The monoisotopic (exact) mass is 1100 g/mol. The lowest BCUT2D eigenvalue weighted by molar-refractivity contribution is -0.308. The minimum Gasteiger partial charge on any atom is -0.486 e. The number of para-hydroxylation sites is 1. The zero-order valence-corrected chi connectivity index (χ0v) is 44.2. The molecule has 12 atom stereocenters. The summed E-state index contributed by atoms with van der Waals surface area (Å²) in [6, 6.07) is 13.1. The van der Waals surface area contributed by atoms with Gasteiger partial charge < -0.3 is 80.6 Å². The molecule has 14 N–H and O–H groups in total. The van der Waals surface area contributed by atoms with Crippen LogP contribution in [0.3, 0.4) is 0 Å². The molecule has 22 heteroatoms. The molecule has 6 aliphatic heterocycles. The molecule has 11 rings (SSSR count). The van der Waals surface area contributed by atoms with Crippen LogP contribution in [-0.2, 0) is 30.4 Å².